The van der Waals surface area contributed by atoms with E-state index in [1.165, 1.54) is 0 Å². The zero-order valence-electron chi connectivity index (χ0n) is 13.2. The van der Waals surface area contributed by atoms with Crippen molar-refractivity contribution in [1.82, 2.24) is 9.80 Å². The molecule has 23 heavy (non-hydrogen) atoms. The fourth-order valence-electron chi connectivity index (χ4n) is 2.87. The van der Waals surface area contributed by atoms with Crippen molar-refractivity contribution in [2.45, 2.75) is 25.1 Å². The van der Waals surface area contributed by atoms with Gasteiger partial charge in [-0.1, -0.05) is 29.8 Å². The van der Waals surface area contributed by atoms with E-state index in [1.807, 2.05) is 41.0 Å². The topological polar surface area (TPSA) is 40.6 Å². The summed E-state index contributed by atoms with van der Waals surface area (Å²) in [4.78, 5) is 28.2. The lowest BCUT2D eigenvalue weighted by Gasteiger charge is -2.28. The summed E-state index contributed by atoms with van der Waals surface area (Å²) in [5, 5.41) is 0.636. The third-order valence-electron chi connectivity index (χ3n) is 4.37. The molecule has 6 heteroatoms. The summed E-state index contributed by atoms with van der Waals surface area (Å²) in [6.45, 7) is 3.85. The van der Waals surface area contributed by atoms with E-state index in [4.69, 9.17) is 11.6 Å². The molecule has 2 amide bonds. The molecule has 1 atom stereocenters. The molecule has 0 spiro atoms. The highest BCUT2D eigenvalue weighted by atomic mass is 35.5. The molecule has 1 saturated heterocycles. The molecule has 2 fully saturated rings. The number of amides is 2. The molecule has 3 rings (SSSR count). The molecular weight excluding hydrogens is 332 g/mol. The number of rotatable bonds is 6. The van der Waals surface area contributed by atoms with Gasteiger partial charge in [-0.3, -0.25) is 9.59 Å². The number of halogens is 1. The first-order valence-electron chi connectivity index (χ1n) is 8.06. The molecule has 124 valence electrons. The minimum Gasteiger partial charge on any atom is -0.341 e. The SMILES string of the molecule is CCN(CCN1C(=O)CS[C@@H]1c1ccccc1Cl)C(=O)C1CC1. The summed E-state index contributed by atoms with van der Waals surface area (Å²) in [5.74, 6) is 1.05. The van der Waals surface area contributed by atoms with Gasteiger partial charge in [0.25, 0.3) is 0 Å². The number of nitrogens with zero attached hydrogens (tertiary/aromatic N) is 2. The van der Waals surface area contributed by atoms with Crippen LogP contribution in [0.4, 0.5) is 0 Å². The Bertz CT molecular complexity index is 606. The van der Waals surface area contributed by atoms with Crippen LogP contribution in [0.1, 0.15) is 30.7 Å². The van der Waals surface area contributed by atoms with Gasteiger partial charge in [0, 0.05) is 36.1 Å². The highest BCUT2D eigenvalue weighted by Crippen LogP contribution is 2.41. The van der Waals surface area contributed by atoms with Crippen molar-refractivity contribution >= 4 is 35.2 Å². The van der Waals surface area contributed by atoms with Crippen molar-refractivity contribution in [3.63, 3.8) is 0 Å². The minimum absolute atomic E-state index is 0.0501. The molecule has 0 N–H and O–H groups in total. The first kappa shape index (κ1) is 16.7. The Morgan fingerprint density at radius 3 is 2.78 bits per heavy atom. The van der Waals surface area contributed by atoms with Crippen molar-refractivity contribution in [2.75, 3.05) is 25.4 Å². The van der Waals surface area contributed by atoms with E-state index >= 15 is 0 Å². The first-order valence-corrected chi connectivity index (χ1v) is 9.48. The zero-order chi connectivity index (χ0) is 16.4. The van der Waals surface area contributed by atoms with Gasteiger partial charge in [-0.15, -0.1) is 11.8 Å². The Hall–Kier alpha value is -1.20. The fraction of sp³-hybridized carbons (Fsp3) is 0.529. The Morgan fingerprint density at radius 1 is 1.39 bits per heavy atom. The summed E-state index contributed by atoms with van der Waals surface area (Å²) < 4.78 is 0. The number of carbonyl (C=O) groups excluding carboxylic acids is 2. The van der Waals surface area contributed by atoms with Crippen molar-refractivity contribution in [1.29, 1.82) is 0 Å². The number of benzene rings is 1. The fourth-order valence-corrected chi connectivity index (χ4v) is 4.43. The molecule has 1 aromatic carbocycles. The van der Waals surface area contributed by atoms with Crippen LogP contribution in [0, 0.1) is 5.92 Å². The van der Waals surface area contributed by atoms with Crippen LogP contribution in [-0.2, 0) is 9.59 Å². The Balaban J connectivity index is 1.68. The second kappa shape index (κ2) is 7.14. The van der Waals surface area contributed by atoms with E-state index in [-0.39, 0.29) is 23.1 Å². The monoisotopic (exact) mass is 352 g/mol. The number of carbonyl (C=O) groups is 2. The molecular formula is C17H21ClN2O2S. The highest BCUT2D eigenvalue weighted by Gasteiger charge is 2.36. The van der Waals surface area contributed by atoms with Gasteiger partial charge >= 0.3 is 0 Å². The van der Waals surface area contributed by atoms with Crippen LogP contribution in [-0.4, -0.2) is 47.0 Å². The third kappa shape index (κ3) is 3.66. The molecule has 1 saturated carbocycles. The Labute approximate surface area is 146 Å². The number of hydrogen-bond donors (Lipinski definition) is 0. The van der Waals surface area contributed by atoms with Crippen LogP contribution in [0.2, 0.25) is 5.02 Å². The van der Waals surface area contributed by atoms with Crippen molar-refractivity contribution in [2.24, 2.45) is 5.92 Å². The Morgan fingerprint density at radius 2 is 2.13 bits per heavy atom. The molecule has 4 nitrogen and oxygen atoms in total. The average Bonchev–Trinajstić information content (AvgIpc) is 3.33. The zero-order valence-corrected chi connectivity index (χ0v) is 14.8. The lowest BCUT2D eigenvalue weighted by atomic mass is 10.2. The lowest BCUT2D eigenvalue weighted by molar-refractivity contribution is -0.134. The van der Waals surface area contributed by atoms with Crippen LogP contribution < -0.4 is 0 Å². The molecule has 0 radical (unpaired) electrons. The van der Waals surface area contributed by atoms with E-state index in [0.29, 0.717) is 30.4 Å². The molecule has 1 heterocycles. The number of likely N-dealkylation sites (N-methyl/N-ethyl adjacent to an activating group) is 1. The summed E-state index contributed by atoms with van der Waals surface area (Å²) in [6, 6.07) is 7.66. The predicted octanol–water partition coefficient (Wildman–Crippen LogP) is 3.17. The minimum atomic E-state index is -0.0501. The van der Waals surface area contributed by atoms with Crippen molar-refractivity contribution < 1.29 is 9.59 Å². The molecule has 0 aromatic heterocycles. The standard InChI is InChI=1S/C17H21ClN2O2S/c1-2-19(16(22)12-7-8-12)9-10-20-15(21)11-23-17(20)13-5-3-4-6-14(13)18/h3-6,12,17H,2,7-11H2,1H3/t17-/m1/s1. The molecule has 1 aliphatic heterocycles. The van der Waals surface area contributed by atoms with Crippen LogP contribution in [0.25, 0.3) is 0 Å². The highest BCUT2D eigenvalue weighted by molar-refractivity contribution is 8.00. The van der Waals surface area contributed by atoms with Gasteiger partial charge in [0.2, 0.25) is 11.8 Å². The van der Waals surface area contributed by atoms with E-state index in [9.17, 15) is 9.59 Å². The van der Waals surface area contributed by atoms with Crippen LogP contribution in [0.3, 0.4) is 0 Å². The average molecular weight is 353 g/mol. The van der Waals surface area contributed by atoms with Crippen molar-refractivity contribution in [3.05, 3.63) is 34.9 Å². The molecule has 0 unspecified atom stereocenters. The van der Waals surface area contributed by atoms with Crippen LogP contribution >= 0.6 is 23.4 Å². The molecule has 0 bridgehead atoms. The Kier molecular flexibility index (Phi) is 5.17. The van der Waals surface area contributed by atoms with Gasteiger partial charge in [0.05, 0.1) is 5.75 Å². The van der Waals surface area contributed by atoms with E-state index < -0.39 is 0 Å². The molecule has 1 aliphatic carbocycles. The second-order valence-electron chi connectivity index (χ2n) is 5.96. The van der Waals surface area contributed by atoms with E-state index in [2.05, 4.69) is 0 Å². The first-order chi connectivity index (χ1) is 11.1. The van der Waals surface area contributed by atoms with Gasteiger partial charge in [-0.25, -0.2) is 0 Å². The predicted molar refractivity (Wildman–Crippen MR) is 93.3 cm³/mol. The quantitative estimate of drug-likeness (QED) is 0.789. The molecule has 1 aromatic rings. The van der Waals surface area contributed by atoms with Gasteiger partial charge in [0.1, 0.15) is 5.37 Å². The van der Waals surface area contributed by atoms with Crippen LogP contribution in [0.15, 0.2) is 24.3 Å². The van der Waals surface area contributed by atoms with Crippen LogP contribution in [0.5, 0.6) is 0 Å². The molecule has 2 aliphatic rings. The maximum atomic E-state index is 12.2. The van der Waals surface area contributed by atoms with Crippen molar-refractivity contribution in [3.8, 4) is 0 Å². The summed E-state index contributed by atoms with van der Waals surface area (Å²) in [7, 11) is 0. The lowest BCUT2D eigenvalue weighted by Crippen LogP contribution is -2.40. The smallest absolute Gasteiger partial charge is 0.233 e. The maximum absolute atomic E-state index is 12.2. The largest absolute Gasteiger partial charge is 0.341 e. The summed E-state index contributed by atoms with van der Waals surface area (Å²) in [5.41, 5.74) is 0.974. The van der Waals surface area contributed by atoms with E-state index in [0.717, 1.165) is 18.4 Å². The van der Waals surface area contributed by atoms with Gasteiger partial charge in [-0.2, -0.15) is 0 Å². The summed E-state index contributed by atoms with van der Waals surface area (Å²) >= 11 is 7.89. The van der Waals surface area contributed by atoms with Gasteiger partial charge in [0.15, 0.2) is 0 Å². The number of hydrogen-bond acceptors (Lipinski definition) is 3. The summed E-state index contributed by atoms with van der Waals surface area (Å²) in [6.07, 6.45) is 2.02. The maximum Gasteiger partial charge on any atom is 0.233 e. The van der Waals surface area contributed by atoms with Gasteiger partial charge < -0.3 is 9.80 Å². The van der Waals surface area contributed by atoms with Gasteiger partial charge in [-0.05, 0) is 25.8 Å². The second-order valence-corrected chi connectivity index (χ2v) is 7.44. The number of thioether (sulfide) groups is 1. The third-order valence-corrected chi connectivity index (χ3v) is 5.95. The van der Waals surface area contributed by atoms with E-state index in [1.54, 1.807) is 11.8 Å². The normalized spacial score (nSPS) is 20.9.